The number of imide groups is 1. The quantitative estimate of drug-likeness (QED) is 0.638. The van der Waals surface area contributed by atoms with Gasteiger partial charge >= 0.3 is 0 Å². The summed E-state index contributed by atoms with van der Waals surface area (Å²) in [6.07, 6.45) is 2.28. The van der Waals surface area contributed by atoms with Gasteiger partial charge in [0.2, 0.25) is 12.3 Å². The van der Waals surface area contributed by atoms with Crippen molar-refractivity contribution in [3.05, 3.63) is 0 Å². The second kappa shape index (κ2) is 5.18. The minimum atomic E-state index is -0.206. The van der Waals surface area contributed by atoms with E-state index in [0.717, 1.165) is 0 Å². The van der Waals surface area contributed by atoms with Gasteiger partial charge in [-0.25, -0.2) is 0 Å². The van der Waals surface area contributed by atoms with Crippen molar-refractivity contribution in [2.75, 3.05) is 6.26 Å². The van der Waals surface area contributed by atoms with Gasteiger partial charge in [-0.3, -0.25) is 14.9 Å². The van der Waals surface area contributed by atoms with Crippen molar-refractivity contribution in [2.24, 2.45) is 5.92 Å². The van der Waals surface area contributed by atoms with Crippen molar-refractivity contribution < 1.29 is 9.59 Å². The molecule has 0 radical (unpaired) electrons. The van der Waals surface area contributed by atoms with E-state index in [9.17, 15) is 9.59 Å². The molecule has 11 heavy (non-hydrogen) atoms. The van der Waals surface area contributed by atoms with Gasteiger partial charge in [-0.05, 0) is 12.2 Å². The average molecular weight is 175 g/mol. The lowest BCUT2D eigenvalue weighted by atomic mass is 10.1. The normalized spacial score (nSPS) is 12.7. The maximum atomic E-state index is 11.1. The van der Waals surface area contributed by atoms with E-state index < -0.39 is 0 Å². The Bertz CT molecular complexity index is 147. The van der Waals surface area contributed by atoms with Gasteiger partial charge in [-0.2, -0.15) is 11.8 Å². The molecule has 0 saturated carbocycles. The average Bonchev–Trinajstić information content (AvgIpc) is 1.88. The monoisotopic (exact) mass is 175 g/mol. The van der Waals surface area contributed by atoms with Crippen molar-refractivity contribution in [3.8, 4) is 0 Å². The molecule has 4 heteroatoms. The van der Waals surface area contributed by atoms with Gasteiger partial charge in [-0.1, -0.05) is 13.8 Å². The Kier molecular flexibility index (Phi) is 4.94. The van der Waals surface area contributed by atoms with E-state index in [1.54, 1.807) is 0 Å². The number of hydrogen-bond donors (Lipinski definition) is 1. The Labute approximate surface area is 70.9 Å². The number of carbonyl (C=O) groups excluding carboxylic acids is 2. The summed E-state index contributed by atoms with van der Waals surface area (Å²) in [6, 6.07) is 0. The van der Waals surface area contributed by atoms with E-state index in [-0.39, 0.29) is 17.1 Å². The van der Waals surface area contributed by atoms with E-state index in [0.29, 0.717) is 6.41 Å². The number of nitrogens with one attached hydrogen (secondary N) is 1. The van der Waals surface area contributed by atoms with Crippen molar-refractivity contribution in [1.29, 1.82) is 0 Å². The first-order chi connectivity index (χ1) is 5.13. The van der Waals surface area contributed by atoms with Crippen LogP contribution in [0.25, 0.3) is 0 Å². The summed E-state index contributed by atoms with van der Waals surface area (Å²) >= 11 is 1.46. The standard InChI is InChI=1S/C7H13NO2S/c1-5(2)6(11-3)7(10)8-4-9/h4-6H,1-3H3,(H,8,9,10). The third-order valence-corrected chi connectivity index (χ3v) is 2.59. The van der Waals surface area contributed by atoms with Gasteiger partial charge in [0.25, 0.3) is 0 Å². The van der Waals surface area contributed by atoms with Gasteiger partial charge in [0.1, 0.15) is 0 Å². The first kappa shape index (κ1) is 10.5. The van der Waals surface area contributed by atoms with Crippen LogP contribution in [0.5, 0.6) is 0 Å². The number of carbonyl (C=O) groups is 2. The third-order valence-electron chi connectivity index (χ3n) is 1.32. The van der Waals surface area contributed by atoms with E-state index in [2.05, 4.69) is 5.32 Å². The first-order valence-corrected chi connectivity index (χ1v) is 4.69. The van der Waals surface area contributed by atoms with Crippen LogP contribution in [0.1, 0.15) is 13.8 Å². The molecule has 0 aromatic rings. The highest BCUT2D eigenvalue weighted by Crippen LogP contribution is 2.15. The first-order valence-electron chi connectivity index (χ1n) is 3.40. The van der Waals surface area contributed by atoms with Crippen LogP contribution in [-0.2, 0) is 9.59 Å². The van der Waals surface area contributed by atoms with Crippen LogP contribution >= 0.6 is 11.8 Å². The molecule has 0 heterocycles. The molecule has 1 atom stereocenters. The predicted octanol–water partition coefficient (Wildman–Crippen LogP) is 0.647. The fraction of sp³-hybridized carbons (Fsp3) is 0.714. The van der Waals surface area contributed by atoms with E-state index in [1.807, 2.05) is 20.1 Å². The molecule has 0 rings (SSSR count). The zero-order chi connectivity index (χ0) is 8.85. The Hall–Kier alpha value is -0.510. The molecule has 0 fully saturated rings. The Balaban J connectivity index is 4.02. The molecule has 64 valence electrons. The molecule has 3 nitrogen and oxygen atoms in total. The number of rotatable bonds is 4. The number of hydrogen-bond acceptors (Lipinski definition) is 3. The maximum Gasteiger partial charge on any atom is 0.239 e. The maximum absolute atomic E-state index is 11.1. The predicted molar refractivity (Wildman–Crippen MR) is 46.3 cm³/mol. The van der Waals surface area contributed by atoms with Crippen LogP contribution in [-0.4, -0.2) is 23.8 Å². The molecular weight excluding hydrogens is 162 g/mol. The van der Waals surface area contributed by atoms with E-state index in [4.69, 9.17) is 0 Å². The lowest BCUT2D eigenvalue weighted by Crippen LogP contribution is -2.34. The van der Waals surface area contributed by atoms with Crippen LogP contribution in [0, 0.1) is 5.92 Å². The minimum Gasteiger partial charge on any atom is -0.298 e. The molecule has 0 aliphatic rings. The smallest absolute Gasteiger partial charge is 0.239 e. The fourth-order valence-electron chi connectivity index (χ4n) is 0.822. The highest BCUT2D eigenvalue weighted by atomic mass is 32.2. The van der Waals surface area contributed by atoms with Crippen molar-refractivity contribution in [1.82, 2.24) is 5.32 Å². The highest BCUT2D eigenvalue weighted by molar-refractivity contribution is 7.99. The molecule has 0 aromatic heterocycles. The zero-order valence-electron chi connectivity index (χ0n) is 6.96. The van der Waals surface area contributed by atoms with E-state index in [1.165, 1.54) is 11.8 Å². The Morgan fingerprint density at radius 2 is 2.09 bits per heavy atom. The molecular formula is C7H13NO2S. The molecule has 0 saturated heterocycles. The van der Waals surface area contributed by atoms with Crippen LogP contribution in [0.15, 0.2) is 0 Å². The number of amides is 2. The Morgan fingerprint density at radius 3 is 2.36 bits per heavy atom. The van der Waals surface area contributed by atoms with E-state index >= 15 is 0 Å². The van der Waals surface area contributed by atoms with Gasteiger partial charge < -0.3 is 0 Å². The SMILES string of the molecule is CSC(C(=O)NC=O)C(C)C. The summed E-state index contributed by atoms with van der Waals surface area (Å²) in [5, 5.41) is 2.01. The second-order valence-electron chi connectivity index (χ2n) is 2.53. The van der Waals surface area contributed by atoms with Crippen LogP contribution in [0.3, 0.4) is 0 Å². The molecule has 0 aliphatic carbocycles. The summed E-state index contributed by atoms with van der Waals surface area (Å²) in [6.45, 7) is 3.90. The highest BCUT2D eigenvalue weighted by Gasteiger charge is 2.19. The van der Waals surface area contributed by atoms with Gasteiger partial charge in [0.05, 0.1) is 5.25 Å². The molecule has 0 aromatic carbocycles. The molecule has 0 bridgehead atoms. The summed E-state index contributed by atoms with van der Waals surface area (Å²) in [5.41, 5.74) is 0. The van der Waals surface area contributed by atoms with Crippen LogP contribution in [0.4, 0.5) is 0 Å². The topological polar surface area (TPSA) is 46.2 Å². The third kappa shape index (κ3) is 3.41. The van der Waals surface area contributed by atoms with Crippen molar-refractivity contribution >= 4 is 24.1 Å². The Morgan fingerprint density at radius 1 is 1.55 bits per heavy atom. The molecule has 1 N–H and O–H groups in total. The lowest BCUT2D eigenvalue weighted by molar-refractivity contribution is -0.125. The lowest BCUT2D eigenvalue weighted by Gasteiger charge is -2.15. The summed E-state index contributed by atoms with van der Waals surface area (Å²) in [4.78, 5) is 21.0. The summed E-state index contributed by atoms with van der Waals surface area (Å²) < 4.78 is 0. The van der Waals surface area contributed by atoms with Gasteiger partial charge in [0, 0.05) is 0 Å². The van der Waals surface area contributed by atoms with Crippen LogP contribution in [0.2, 0.25) is 0 Å². The van der Waals surface area contributed by atoms with Crippen LogP contribution < -0.4 is 5.32 Å². The molecule has 0 aliphatic heterocycles. The largest absolute Gasteiger partial charge is 0.298 e. The van der Waals surface area contributed by atoms with Gasteiger partial charge in [0.15, 0.2) is 0 Å². The van der Waals surface area contributed by atoms with Gasteiger partial charge in [-0.15, -0.1) is 0 Å². The van der Waals surface area contributed by atoms with Crippen molar-refractivity contribution in [2.45, 2.75) is 19.1 Å². The number of thioether (sulfide) groups is 1. The fourth-order valence-corrected chi connectivity index (χ4v) is 1.65. The molecule has 2 amide bonds. The summed E-state index contributed by atoms with van der Waals surface area (Å²) in [5.74, 6) is 0.0486. The molecule has 1 unspecified atom stereocenters. The minimum absolute atomic E-state index is 0.125. The second-order valence-corrected chi connectivity index (χ2v) is 3.51. The molecule has 0 spiro atoms. The van der Waals surface area contributed by atoms with Crippen molar-refractivity contribution in [3.63, 3.8) is 0 Å². The summed E-state index contributed by atoms with van der Waals surface area (Å²) in [7, 11) is 0. The zero-order valence-corrected chi connectivity index (χ0v) is 7.77.